The molecule has 8 aromatic carbocycles. The second kappa shape index (κ2) is 14.3. The van der Waals surface area contributed by atoms with Crippen LogP contribution >= 0.6 is 0 Å². The van der Waals surface area contributed by atoms with Crippen molar-refractivity contribution < 1.29 is 0 Å². The van der Waals surface area contributed by atoms with Gasteiger partial charge in [0.15, 0.2) is 5.82 Å². The molecule has 0 aliphatic carbocycles. The van der Waals surface area contributed by atoms with E-state index in [1.165, 1.54) is 60.4 Å². The first-order valence-electron chi connectivity index (χ1n) is 19.6. The van der Waals surface area contributed by atoms with E-state index in [1.54, 1.807) is 0 Å². The van der Waals surface area contributed by atoms with Gasteiger partial charge in [-0.05, 0) is 95.8 Å². The molecule has 1 aliphatic rings. The van der Waals surface area contributed by atoms with E-state index in [0.29, 0.717) is 0 Å². The highest BCUT2D eigenvalue weighted by Crippen LogP contribution is 2.36. The molecule has 0 saturated carbocycles. The van der Waals surface area contributed by atoms with E-state index in [9.17, 15) is 0 Å². The molecular weight excluding hydrogens is 705 g/mol. The summed E-state index contributed by atoms with van der Waals surface area (Å²) in [7, 11) is -2.08. The fourth-order valence-corrected chi connectivity index (χ4v) is 11.7. The summed E-state index contributed by atoms with van der Waals surface area (Å²) in [6, 6.07) is 74.1. The summed E-state index contributed by atoms with van der Waals surface area (Å²) in [5.41, 5.74) is 17.4. The monoisotopic (exact) mass is 744 g/mol. The highest BCUT2D eigenvalue weighted by Gasteiger charge is 2.41. The number of rotatable bonds is 7. The Labute approximate surface area is 335 Å². The summed E-state index contributed by atoms with van der Waals surface area (Å²) in [5, 5.41) is 2.74. The highest BCUT2D eigenvalue weighted by molar-refractivity contribution is 7.04. The van der Waals surface area contributed by atoms with Gasteiger partial charge in [-0.25, -0.2) is 9.97 Å². The van der Waals surface area contributed by atoms with Gasteiger partial charge in [-0.1, -0.05) is 195 Å². The molecule has 0 atom stereocenters. The van der Waals surface area contributed by atoms with E-state index in [0.717, 1.165) is 39.5 Å². The van der Waals surface area contributed by atoms with Crippen LogP contribution in [-0.4, -0.2) is 18.0 Å². The molecule has 10 rings (SSSR count). The first-order valence-corrected chi connectivity index (χ1v) is 22.6. The third-order valence-corrected chi connectivity index (χ3v) is 15.0. The summed E-state index contributed by atoms with van der Waals surface area (Å²) in [4.78, 5) is 10.9. The van der Waals surface area contributed by atoms with Crippen molar-refractivity contribution in [3.63, 3.8) is 0 Å². The topological polar surface area (TPSA) is 25.8 Å². The van der Waals surface area contributed by atoms with Crippen molar-refractivity contribution >= 4 is 18.4 Å². The number of hydrogen-bond donors (Lipinski definition) is 0. The molecule has 0 bridgehead atoms. The molecule has 0 unspecified atom stereocenters. The highest BCUT2D eigenvalue weighted by atomic mass is 28.3. The molecule has 1 aromatic heterocycles. The minimum atomic E-state index is -2.08. The van der Waals surface area contributed by atoms with Crippen LogP contribution in [0.5, 0.6) is 0 Å². The minimum absolute atomic E-state index is 0.751. The van der Waals surface area contributed by atoms with Gasteiger partial charge in [0.1, 0.15) is 8.07 Å². The van der Waals surface area contributed by atoms with Crippen molar-refractivity contribution in [3.05, 3.63) is 206 Å². The third-order valence-electron chi connectivity index (χ3n) is 11.5. The molecule has 270 valence electrons. The molecule has 0 fully saturated rings. The molecule has 1 aliphatic heterocycles. The standard InChI is InChI=1S/C54H40N2Si/c1-57(2)50-28-10-9-27-49(50)52-53(57)51(40-31-29-39(30-32-40)37-15-5-3-6-16-37)55-54(56-52)48-26-14-25-47(36-48)46-24-13-23-45(35-46)44-22-12-21-43(34-44)42-20-11-19-41(33-42)38-17-7-4-8-18-38/h3-36H,1-2H3. The van der Waals surface area contributed by atoms with E-state index in [-0.39, 0.29) is 0 Å². The molecule has 9 aromatic rings. The Kier molecular flexibility index (Phi) is 8.66. The summed E-state index contributed by atoms with van der Waals surface area (Å²) in [6.45, 7) is 4.88. The minimum Gasteiger partial charge on any atom is -0.228 e. The van der Waals surface area contributed by atoms with Crippen LogP contribution in [0.3, 0.4) is 0 Å². The van der Waals surface area contributed by atoms with Crippen LogP contribution < -0.4 is 10.4 Å². The largest absolute Gasteiger partial charge is 0.228 e. The zero-order chi connectivity index (χ0) is 38.3. The van der Waals surface area contributed by atoms with E-state index >= 15 is 0 Å². The Morgan fingerprint density at radius 2 is 0.649 bits per heavy atom. The van der Waals surface area contributed by atoms with Crippen LogP contribution in [0.1, 0.15) is 0 Å². The predicted octanol–water partition coefficient (Wildman–Crippen LogP) is 12.9. The van der Waals surface area contributed by atoms with Crippen LogP contribution in [-0.2, 0) is 0 Å². The van der Waals surface area contributed by atoms with Crippen LogP contribution in [0.2, 0.25) is 13.1 Å². The van der Waals surface area contributed by atoms with Crippen molar-refractivity contribution in [3.8, 4) is 89.5 Å². The Hall–Kier alpha value is -6.94. The maximum absolute atomic E-state index is 5.45. The Balaban J connectivity index is 1.02. The van der Waals surface area contributed by atoms with E-state index in [2.05, 4.69) is 219 Å². The smallest absolute Gasteiger partial charge is 0.160 e. The molecule has 57 heavy (non-hydrogen) atoms. The fraction of sp³-hybridized carbons (Fsp3) is 0.0370. The van der Waals surface area contributed by atoms with Gasteiger partial charge in [-0.2, -0.15) is 0 Å². The Morgan fingerprint density at radius 1 is 0.298 bits per heavy atom. The van der Waals surface area contributed by atoms with Gasteiger partial charge in [0, 0.05) is 11.1 Å². The number of fused-ring (bicyclic) bond motifs is 3. The Bertz CT molecular complexity index is 2910. The molecule has 0 N–H and O–H groups in total. The van der Waals surface area contributed by atoms with Gasteiger partial charge < -0.3 is 0 Å². The van der Waals surface area contributed by atoms with E-state index in [1.807, 2.05) is 0 Å². The summed E-state index contributed by atoms with van der Waals surface area (Å²) in [5.74, 6) is 0.751. The molecule has 2 heterocycles. The predicted molar refractivity (Wildman–Crippen MR) is 242 cm³/mol. The van der Waals surface area contributed by atoms with Crippen molar-refractivity contribution in [2.24, 2.45) is 0 Å². The van der Waals surface area contributed by atoms with Crippen molar-refractivity contribution in [1.29, 1.82) is 0 Å². The van der Waals surface area contributed by atoms with Gasteiger partial charge in [0.2, 0.25) is 0 Å². The molecule has 2 nitrogen and oxygen atoms in total. The quantitative estimate of drug-likeness (QED) is 0.152. The second-order valence-electron chi connectivity index (χ2n) is 15.4. The van der Waals surface area contributed by atoms with E-state index < -0.39 is 8.07 Å². The van der Waals surface area contributed by atoms with Gasteiger partial charge in [-0.3, -0.25) is 0 Å². The molecule has 3 heteroatoms. The number of nitrogens with zero attached hydrogens (tertiary/aromatic N) is 2. The van der Waals surface area contributed by atoms with Crippen LogP contribution in [0.15, 0.2) is 206 Å². The lowest BCUT2D eigenvalue weighted by molar-refractivity contribution is 1.20. The van der Waals surface area contributed by atoms with Gasteiger partial charge in [0.25, 0.3) is 0 Å². The van der Waals surface area contributed by atoms with E-state index in [4.69, 9.17) is 9.97 Å². The van der Waals surface area contributed by atoms with Crippen LogP contribution in [0.4, 0.5) is 0 Å². The maximum atomic E-state index is 5.45. The molecular formula is C54H40N2Si. The number of benzene rings is 8. The average molecular weight is 745 g/mol. The van der Waals surface area contributed by atoms with Crippen molar-refractivity contribution in [2.45, 2.75) is 13.1 Å². The normalized spacial score (nSPS) is 12.5. The van der Waals surface area contributed by atoms with Gasteiger partial charge in [-0.15, -0.1) is 0 Å². The Morgan fingerprint density at radius 3 is 1.18 bits per heavy atom. The second-order valence-corrected chi connectivity index (χ2v) is 19.7. The lowest BCUT2D eigenvalue weighted by Gasteiger charge is -2.22. The number of hydrogen-bond acceptors (Lipinski definition) is 2. The lowest BCUT2D eigenvalue weighted by atomic mass is 9.94. The summed E-state index contributed by atoms with van der Waals surface area (Å²) >= 11 is 0. The lowest BCUT2D eigenvalue weighted by Crippen LogP contribution is -2.50. The first kappa shape index (κ1) is 34.5. The third kappa shape index (κ3) is 6.42. The zero-order valence-electron chi connectivity index (χ0n) is 32.0. The first-order chi connectivity index (χ1) is 28.0. The molecule has 0 radical (unpaired) electrons. The molecule has 0 saturated heterocycles. The van der Waals surface area contributed by atoms with Crippen LogP contribution in [0.25, 0.3) is 89.5 Å². The fourth-order valence-electron chi connectivity index (χ4n) is 8.51. The average Bonchev–Trinajstić information content (AvgIpc) is 3.52. The molecule has 0 spiro atoms. The summed E-state index contributed by atoms with van der Waals surface area (Å²) < 4.78 is 0. The van der Waals surface area contributed by atoms with Crippen molar-refractivity contribution in [1.82, 2.24) is 9.97 Å². The SMILES string of the molecule is C[Si]1(C)c2ccccc2-c2nc(-c3cccc(-c4cccc(-c5cccc(-c6cccc(-c7ccccc7)c6)c5)c4)c3)nc(-c3ccc(-c4ccccc4)cc3)c21. The maximum Gasteiger partial charge on any atom is 0.160 e. The summed E-state index contributed by atoms with van der Waals surface area (Å²) in [6.07, 6.45) is 0. The van der Waals surface area contributed by atoms with Crippen molar-refractivity contribution in [2.75, 3.05) is 0 Å². The zero-order valence-corrected chi connectivity index (χ0v) is 33.0. The molecule has 0 amide bonds. The van der Waals surface area contributed by atoms with Gasteiger partial charge >= 0.3 is 0 Å². The number of aromatic nitrogens is 2. The van der Waals surface area contributed by atoms with Crippen LogP contribution in [0, 0.1) is 0 Å². The van der Waals surface area contributed by atoms with Gasteiger partial charge in [0.05, 0.1) is 11.4 Å².